The van der Waals surface area contributed by atoms with Crippen LogP contribution in [0.4, 0.5) is 0 Å². The van der Waals surface area contributed by atoms with E-state index in [1.807, 2.05) is 19.1 Å². The van der Waals surface area contributed by atoms with Crippen LogP contribution in [0.25, 0.3) is 21.5 Å². The lowest BCUT2D eigenvalue weighted by Crippen LogP contribution is -2.34. The summed E-state index contributed by atoms with van der Waals surface area (Å²) in [5.41, 5.74) is 3.38. The predicted molar refractivity (Wildman–Crippen MR) is 123 cm³/mol. The molecule has 0 aliphatic heterocycles. The molecule has 4 rings (SSSR count). The Morgan fingerprint density at radius 3 is 2.35 bits per heavy atom. The van der Waals surface area contributed by atoms with E-state index in [4.69, 9.17) is 4.74 Å². The molecular weight excluding hydrogens is 388 g/mol. The van der Waals surface area contributed by atoms with Crippen molar-refractivity contribution < 1.29 is 19.4 Å². The van der Waals surface area contributed by atoms with Gasteiger partial charge in [-0.15, -0.1) is 0 Å². The first-order valence-electron chi connectivity index (χ1n) is 11.0. The molecule has 3 aromatic carbocycles. The van der Waals surface area contributed by atoms with Crippen LogP contribution in [0.15, 0.2) is 54.1 Å². The Balaban J connectivity index is 1.84. The Labute approximate surface area is 182 Å². The summed E-state index contributed by atoms with van der Waals surface area (Å²) in [5, 5.41) is 13.5. The first-order valence-corrected chi connectivity index (χ1v) is 11.0. The molecular formula is C27H28O4. The zero-order chi connectivity index (χ0) is 22.1. The third-order valence-corrected chi connectivity index (χ3v) is 6.42. The summed E-state index contributed by atoms with van der Waals surface area (Å²) < 4.78 is 6.04. The molecule has 0 saturated heterocycles. The minimum Gasteiger partial charge on any atom is -0.481 e. The molecule has 0 aromatic heterocycles. The van der Waals surface area contributed by atoms with Crippen LogP contribution in [-0.2, 0) is 22.4 Å². The SMILES string of the molecule is CCc1ccc2c(OC(=O)C3CC=C(C)CC3C(=O)O)c3cc(CC)ccc3cc2c1. The van der Waals surface area contributed by atoms with E-state index in [0.29, 0.717) is 18.6 Å². The van der Waals surface area contributed by atoms with Crippen molar-refractivity contribution in [3.63, 3.8) is 0 Å². The number of hydrogen-bond donors (Lipinski definition) is 1. The molecule has 2 atom stereocenters. The van der Waals surface area contributed by atoms with E-state index in [2.05, 4.69) is 50.2 Å². The monoisotopic (exact) mass is 416 g/mol. The first-order chi connectivity index (χ1) is 14.9. The van der Waals surface area contributed by atoms with E-state index in [1.54, 1.807) is 0 Å². The fourth-order valence-corrected chi connectivity index (χ4v) is 4.49. The summed E-state index contributed by atoms with van der Waals surface area (Å²) in [6.07, 6.45) is 4.53. The molecule has 1 aliphatic rings. The summed E-state index contributed by atoms with van der Waals surface area (Å²) in [7, 11) is 0. The number of carbonyl (C=O) groups is 2. The minimum absolute atomic E-state index is 0.380. The second kappa shape index (κ2) is 8.54. The van der Waals surface area contributed by atoms with Gasteiger partial charge < -0.3 is 9.84 Å². The minimum atomic E-state index is -0.946. The Bertz CT molecular complexity index is 1200. The molecule has 4 nitrogen and oxygen atoms in total. The number of carboxylic acid groups (broad SMARTS) is 1. The molecule has 2 unspecified atom stereocenters. The average molecular weight is 417 g/mol. The van der Waals surface area contributed by atoms with Gasteiger partial charge in [0, 0.05) is 10.8 Å². The average Bonchev–Trinajstić information content (AvgIpc) is 2.77. The Hall–Kier alpha value is -3.14. The van der Waals surface area contributed by atoms with Gasteiger partial charge in [-0.3, -0.25) is 9.59 Å². The molecule has 4 heteroatoms. The number of esters is 1. The van der Waals surface area contributed by atoms with Crippen LogP contribution in [0.1, 0.15) is 44.7 Å². The highest BCUT2D eigenvalue weighted by atomic mass is 16.5. The van der Waals surface area contributed by atoms with Gasteiger partial charge in [0.1, 0.15) is 5.75 Å². The van der Waals surface area contributed by atoms with Gasteiger partial charge in [0.05, 0.1) is 11.8 Å². The third-order valence-electron chi connectivity index (χ3n) is 6.42. The molecule has 0 heterocycles. The number of aryl methyl sites for hydroxylation is 2. The summed E-state index contributed by atoms with van der Waals surface area (Å²) >= 11 is 0. The lowest BCUT2D eigenvalue weighted by molar-refractivity contribution is -0.152. The maximum atomic E-state index is 13.2. The quantitative estimate of drug-likeness (QED) is 0.237. The van der Waals surface area contributed by atoms with Crippen molar-refractivity contribution in [3.8, 4) is 5.75 Å². The van der Waals surface area contributed by atoms with Crippen LogP contribution in [0, 0.1) is 11.8 Å². The van der Waals surface area contributed by atoms with E-state index in [9.17, 15) is 14.7 Å². The number of hydrogen-bond acceptors (Lipinski definition) is 3. The summed E-state index contributed by atoms with van der Waals surface area (Å²) in [4.78, 5) is 25.1. The van der Waals surface area contributed by atoms with Gasteiger partial charge in [-0.1, -0.05) is 55.8 Å². The Morgan fingerprint density at radius 2 is 1.65 bits per heavy atom. The van der Waals surface area contributed by atoms with Gasteiger partial charge in [0.15, 0.2) is 0 Å². The summed E-state index contributed by atoms with van der Waals surface area (Å²) in [5.74, 6) is -2.32. The maximum Gasteiger partial charge on any atom is 0.315 e. The Kier molecular flexibility index (Phi) is 5.81. The molecule has 0 amide bonds. The van der Waals surface area contributed by atoms with Gasteiger partial charge in [0.25, 0.3) is 0 Å². The number of ether oxygens (including phenoxy) is 1. The van der Waals surface area contributed by atoms with Crippen molar-refractivity contribution in [1.82, 2.24) is 0 Å². The van der Waals surface area contributed by atoms with Crippen molar-refractivity contribution in [2.24, 2.45) is 11.8 Å². The van der Waals surface area contributed by atoms with E-state index in [0.717, 1.165) is 45.5 Å². The second-order valence-corrected chi connectivity index (χ2v) is 8.49. The van der Waals surface area contributed by atoms with Crippen molar-refractivity contribution in [3.05, 3.63) is 65.2 Å². The van der Waals surface area contributed by atoms with E-state index < -0.39 is 23.8 Å². The molecule has 1 aliphatic carbocycles. The molecule has 0 fully saturated rings. The van der Waals surface area contributed by atoms with E-state index >= 15 is 0 Å². The van der Waals surface area contributed by atoms with Crippen LogP contribution in [0.2, 0.25) is 0 Å². The van der Waals surface area contributed by atoms with Gasteiger partial charge in [-0.2, -0.15) is 0 Å². The van der Waals surface area contributed by atoms with Crippen molar-refractivity contribution in [2.75, 3.05) is 0 Å². The lowest BCUT2D eigenvalue weighted by Gasteiger charge is -2.26. The number of benzene rings is 3. The molecule has 160 valence electrons. The number of allylic oxidation sites excluding steroid dienone is 2. The molecule has 0 radical (unpaired) electrons. The summed E-state index contributed by atoms with van der Waals surface area (Å²) in [6, 6.07) is 14.6. The number of carbonyl (C=O) groups excluding carboxylic acids is 1. The van der Waals surface area contributed by atoms with Crippen LogP contribution >= 0.6 is 0 Å². The maximum absolute atomic E-state index is 13.2. The largest absolute Gasteiger partial charge is 0.481 e. The molecule has 0 saturated carbocycles. The van der Waals surface area contributed by atoms with Gasteiger partial charge >= 0.3 is 11.9 Å². The highest BCUT2D eigenvalue weighted by Gasteiger charge is 2.37. The number of carboxylic acids is 1. The van der Waals surface area contributed by atoms with Gasteiger partial charge in [-0.05, 0) is 66.6 Å². The zero-order valence-corrected chi connectivity index (χ0v) is 18.3. The molecule has 3 aromatic rings. The van der Waals surface area contributed by atoms with Gasteiger partial charge in [0.2, 0.25) is 0 Å². The smallest absolute Gasteiger partial charge is 0.315 e. The zero-order valence-electron chi connectivity index (χ0n) is 18.3. The second-order valence-electron chi connectivity index (χ2n) is 8.49. The fourth-order valence-electron chi connectivity index (χ4n) is 4.49. The highest BCUT2D eigenvalue weighted by molar-refractivity contribution is 6.07. The standard InChI is InChI=1S/C27H28O4/c1-4-17-8-11-21-20(13-17)15-19-9-7-18(5-2)14-23(19)25(21)31-27(30)22-10-6-16(3)12-24(22)26(28)29/h6-9,11,13-15,22,24H,4-5,10,12H2,1-3H3,(H,28,29). The fraction of sp³-hybridized carbons (Fsp3) is 0.333. The number of aliphatic carboxylic acids is 1. The third kappa shape index (κ3) is 4.07. The van der Waals surface area contributed by atoms with Crippen LogP contribution in [0.3, 0.4) is 0 Å². The number of fused-ring (bicyclic) bond motifs is 2. The van der Waals surface area contributed by atoms with E-state index in [1.165, 1.54) is 5.56 Å². The molecule has 0 bridgehead atoms. The molecule has 1 N–H and O–H groups in total. The molecule has 31 heavy (non-hydrogen) atoms. The predicted octanol–water partition coefficient (Wildman–Crippen LogP) is 6.08. The van der Waals surface area contributed by atoms with Crippen LogP contribution in [0.5, 0.6) is 5.75 Å². The van der Waals surface area contributed by atoms with Crippen LogP contribution in [-0.4, -0.2) is 17.0 Å². The van der Waals surface area contributed by atoms with Crippen LogP contribution < -0.4 is 4.74 Å². The molecule has 0 spiro atoms. The normalized spacial score (nSPS) is 18.7. The lowest BCUT2D eigenvalue weighted by atomic mass is 9.80. The van der Waals surface area contributed by atoms with Crippen molar-refractivity contribution in [2.45, 2.75) is 46.5 Å². The Morgan fingerprint density at radius 1 is 0.935 bits per heavy atom. The topological polar surface area (TPSA) is 63.6 Å². The van der Waals surface area contributed by atoms with E-state index in [-0.39, 0.29) is 0 Å². The van der Waals surface area contributed by atoms with Gasteiger partial charge in [-0.25, -0.2) is 0 Å². The summed E-state index contributed by atoms with van der Waals surface area (Å²) in [6.45, 7) is 6.12. The highest BCUT2D eigenvalue weighted by Crippen LogP contribution is 2.38. The number of rotatable bonds is 5. The first kappa shape index (κ1) is 21.1. The van der Waals surface area contributed by atoms with Crippen molar-refractivity contribution in [1.29, 1.82) is 0 Å². The van der Waals surface area contributed by atoms with Crippen molar-refractivity contribution >= 4 is 33.5 Å².